The third kappa shape index (κ3) is 3.54. The van der Waals surface area contributed by atoms with Crippen LogP contribution in [-0.4, -0.2) is 21.7 Å². The monoisotopic (exact) mass is 455 g/mol. The van der Waals surface area contributed by atoms with Crippen molar-refractivity contribution in [3.05, 3.63) is 70.2 Å². The highest BCUT2D eigenvalue weighted by molar-refractivity contribution is 8.01. The fourth-order valence-electron chi connectivity index (χ4n) is 3.81. The van der Waals surface area contributed by atoms with Gasteiger partial charge < -0.3 is 5.73 Å². The number of ketones is 1. The normalized spacial score (nSPS) is 19.0. The van der Waals surface area contributed by atoms with Crippen molar-refractivity contribution in [2.75, 3.05) is 10.7 Å². The Labute approximate surface area is 187 Å². The first-order chi connectivity index (χ1) is 14.6. The number of nitriles is 1. The number of halogens is 1. The van der Waals surface area contributed by atoms with E-state index in [-0.39, 0.29) is 11.6 Å². The maximum Gasteiger partial charge on any atom is 0.219 e. The third-order valence-electron chi connectivity index (χ3n) is 5.04. The minimum atomic E-state index is -0.578. The van der Waals surface area contributed by atoms with Crippen molar-refractivity contribution in [2.45, 2.75) is 29.5 Å². The topological polar surface area (TPSA) is 95.9 Å². The molecular weight excluding hydrogens is 438 g/mol. The number of hydrogen-bond donors (Lipinski definition) is 1. The molecular formula is C21H18ClN5OS2. The first kappa shape index (κ1) is 20.7. The van der Waals surface area contributed by atoms with Crippen LogP contribution in [0.2, 0.25) is 5.02 Å². The van der Waals surface area contributed by atoms with Crippen molar-refractivity contribution in [3.63, 3.8) is 0 Å². The van der Waals surface area contributed by atoms with Gasteiger partial charge in [-0.25, -0.2) is 0 Å². The smallest absolute Gasteiger partial charge is 0.219 e. The molecule has 1 unspecified atom stereocenters. The molecule has 30 heavy (non-hydrogen) atoms. The second-order valence-corrected chi connectivity index (χ2v) is 9.42. The molecule has 0 saturated carbocycles. The number of nitrogens with two attached hydrogens (primary N) is 1. The number of carbonyl (C=O) groups excluding carboxylic acids is 1. The summed E-state index contributed by atoms with van der Waals surface area (Å²) in [4.78, 5) is 14.8. The number of rotatable bonds is 5. The predicted molar refractivity (Wildman–Crippen MR) is 120 cm³/mol. The van der Waals surface area contributed by atoms with Gasteiger partial charge in [-0.05, 0) is 24.5 Å². The molecule has 0 spiro atoms. The van der Waals surface area contributed by atoms with E-state index >= 15 is 0 Å². The second kappa shape index (κ2) is 8.64. The van der Waals surface area contributed by atoms with Crippen LogP contribution in [0.1, 0.15) is 30.7 Å². The van der Waals surface area contributed by atoms with E-state index < -0.39 is 5.92 Å². The van der Waals surface area contributed by atoms with Crippen LogP contribution in [0.4, 0.5) is 5.13 Å². The van der Waals surface area contributed by atoms with Gasteiger partial charge in [-0.1, -0.05) is 59.0 Å². The summed E-state index contributed by atoms with van der Waals surface area (Å²) < 4.78 is 0.772. The molecule has 152 valence electrons. The fourth-order valence-corrected chi connectivity index (χ4v) is 5.69. The minimum absolute atomic E-state index is 0.0113. The Kier molecular flexibility index (Phi) is 5.95. The summed E-state index contributed by atoms with van der Waals surface area (Å²) in [6.07, 6.45) is 3.61. The molecule has 0 saturated heterocycles. The summed E-state index contributed by atoms with van der Waals surface area (Å²) >= 11 is 9.36. The number of hydrogen-bond acceptors (Lipinski definition) is 8. The Bertz CT molecular complexity index is 1130. The van der Waals surface area contributed by atoms with Crippen LogP contribution in [0.25, 0.3) is 0 Å². The molecule has 0 bridgehead atoms. The number of aromatic nitrogens is 2. The lowest BCUT2D eigenvalue weighted by Crippen LogP contribution is -2.38. The van der Waals surface area contributed by atoms with Crippen molar-refractivity contribution in [1.29, 1.82) is 5.26 Å². The molecule has 9 heteroatoms. The summed E-state index contributed by atoms with van der Waals surface area (Å²) in [5.41, 5.74) is 8.88. The molecule has 4 rings (SSSR count). The van der Waals surface area contributed by atoms with Crippen LogP contribution in [0.15, 0.2) is 63.9 Å². The van der Waals surface area contributed by atoms with Crippen molar-refractivity contribution in [2.24, 2.45) is 5.73 Å². The van der Waals surface area contributed by atoms with Gasteiger partial charge in [-0.15, -0.1) is 16.8 Å². The number of benzene rings is 1. The molecule has 2 heterocycles. The van der Waals surface area contributed by atoms with Gasteiger partial charge in [0.1, 0.15) is 5.82 Å². The predicted octanol–water partition coefficient (Wildman–Crippen LogP) is 4.77. The Hall–Kier alpha value is -2.60. The maximum absolute atomic E-state index is 13.1. The molecule has 1 aliphatic heterocycles. The molecule has 1 aromatic heterocycles. The van der Waals surface area contributed by atoms with Gasteiger partial charge in [0.2, 0.25) is 5.13 Å². The first-order valence-corrected chi connectivity index (χ1v) is 11.5. The lowest BCUT2D eigenvalue weighted by atomic mass is 9.76. The van der Waals surface area contributed by atoms with E-state index in [2.05, 4.69) is 22.8 Å². The van der Waals surface area contributed by atoms with Gasteiger partial charge in [-0.3, -0.25) is 9.69 Å². The highest BCUT2D eigenvalue weighted by atomic mass is 35.5. The van der Waals surface area contributed by atoms with Gasteiger partial charge in [0.15, 0.2) is 10.1 Å². The van der Waals surface area contributed by atoms with E-state index in [0.717, 1.165) is 16.5 Å². The summed E-state index contributed by atoms with van der Waals surface area (Å²) in [5.74, 6) is 0.416. The molecule has 2 N–H and O–H groups in total. The van der Waals surface area contributed by atoms with E-state index in [9.17, 15) is 10.1 Å². The zero-order valence-corrected chi connectivity index (χ0v) is 18.4. The largest absolute Gasteiger partial charge is 0.384 e. The minimum Gasteiger partial charge on any atom is -0.384 e. The average Bonchev–Trinajstić information content (AvgIpc) is 3.20. The number of carbonyl (C=O) groups is 1. The van der Waals surface area contributed by atoms with Gasteiger partial charge >= 0.3 is 0 Å². The summed E-state index contributed by atoms with van der Waals surface area (Å²) in [7, 11) is 0. The number of allylic oxidation sites excluding steroid dienone is 3. The van der Waals surface area contributed by atoms with Gasteiger partial charge in [0.05, 0.1) is 17.6 Å². The van der Waals surface area contributed by atoms with E-state index in [4.69, 9.17) is 17.3 Å². The summed E-state index contributed by atoms with van der Waals surface area (Å²) in [6.45, 7) is 3.72. The molecule has 6 nitrogen and oxygen atoms in total. The van der Waals surface area contributed by atoms with Crippen molar-refractivity contribution < 1.29 is 4.79 Å². The quantitative estimate of drug-likeness (QED) is 0.512. The molecule has 1 atom stereocenters. The summed E-state index contributed by atoms with van der Waals surface area (Å²) in [5, 5.41) is 19.6. The summed E-state index contributed by atoms with van der Waals surface area (Å²) in [6, 6.07) is 9.50. The molecule has 2 aromatic rings. The first-order valence-electron chi connectivity index (χ1n) is 9.34. The highest BCUT2D eigenvalue weighted by Gasteiger charge is 2.41. The number of nitrogens with zero attached hydrogens (tertiary/aromatic N) is 4. The van der Waals surface area contributed by atoms with Crippen molar-refractivity contribution in [3.8, 4) is 6.07 Å². The Morgan fingerprint density at radius 3 is 2.93 bits per heavy atom. The SMILES string of the molecule is C=CCSc1nnc(N2C(N)=C(C#N)C(c3ccccc3Cl)C3=C2CCCC3=O)s1. The number of Topliss-reactive ketones (excluding diaryl/α,β-unsaturated/α-hetero) is 1. The van der Waals surface area contributed by atoms with Crippen LogP contribution in [0.3, 0.4) is 0 Å². The Morgan fingerprint density at radius 2 is 2.20 bits per heavy atom. The van der Waals surface area contributed by atoms with Crippen molar-refractivity contribution >= 4 is 45.6 Å². The second-order valence-electron chi connectivity index (χ2n) is 6.79. The standard InChI is InChI=1S/C21H18ClN5OS2/c1-2-10-29-21-26-25-20(30-21)27-15-8-5-9-16(28)18(15)17(13(11-23)19(27)24)12-6-3-4-7-14(12)22/h2-4,6-7,17H,1,5,8-10,24H2. The molecule has 0 radical (unpaired) electrons. The maximum atomic E-state index is 13.1. The Morgan fingerprint density at radius 1 is 1.40 bits per heavy atom. The van der Waals surface area contributed by atoms with Crippen LogP contribution in [-0.2, 0) is 4.79 Å². The van der Waals surface area contributed by atoms with Crippen LogP contribution >= 0.6 is 34.7 Å². The number of thioether (sulfide) groups is 1. The third-order valence-corrected chi connectivity index (χ3v) is 7.42. The van der Waals surface area contributed by atoms with Crippen LogP contribution in [0, 0.1) is 11.3 Å². The fraction of sp³-hybridized carbons (Fsp3) is 0.238. The zero-order chi connectivity index (χ0) is 21.3. The molecule has 2 aliphatic rings. The Balaban J connectivity index is 1.89. The molecule has 0 amide bonds. The van der Waals surface area contributed by atoms with E-state index in [1.54, 1.807) is 17.0 Å². The molecule has 1 aromatic carbocycles. The van der Waals surface area contributed by atoms with Crippen molar-refractivity contribution in [1.82, 2.24) is 10.2 Å². The van der Waals surface area contributed by atoms with Gasteiger partial charge in [-0.2, -0.15) is 5.26 Å². The van der Waals surface area contributed by atoms with Crippen LogP contribution in [0.5, 0.6) is 0 Å². The number of anilines is 1. The van der Waals surface area contributed by atoms with Crippen LogP contribution < -0.4 is 10.6 Å². The average molecular weight is 456 g/mol. The molecule has 0 fully saturated rings. The van der Waals surface area contributed by atoms with E-state index in [1.165, 1.54) is 23.1 Å². The lowest BCUT2D eigenvalue weighted by molar-refractivity contribution is -0.116. The molecule has 1 aliphatic carbocycles. The zero-order valence-electron chi connectivity index (χ0n) is 16.0. The highest BCUT2D eigenvalue weighted by Crippen LogP contribution is 2.48. The lowest BCUT2D eigenvalue weighted by Gasteiger charge is -2.38. The van der Waals surface area contributed by atoms with E-state index in [1.807, 2.05) is 18.2 Å². The van der Waals surface area contributed by atoms with Gasteiger partial charge in [0.25, 0.3) is 0 Å². The van der Waals surface area contributed by atoms with Gasteiger partial charge in [0, 0.05) is 28.5 Å². The van der Waals surface area contributed by atoms with E-state index in [0.29, 0.717) is 45.5 Å².